The van der Waals surface area contributed by atoms with Gasteiger partial charge < -0.3 is 5.11 Å². The van der Waals surface area contributed by atoms with Crippen LogP contribution in [0.5, 0.6) is 0 Å². The molecule has 1 N–H and O–H groups in total. The van der Waals surface area contributed by atoms with E-state index in [1.54, 1.807) is 18.3 Å². The van der Waals surface area contributed by atoms with E-state index in [1.807, 2.05) is 50.5 Å². The van der Waals surface area contributed by atoms with Gasteiger partial charge in [0.1, 0.15) is 23.2 Å². The van der Waals surface area contributed by atoms with Crippen LogP contribution in [0, 0.1) is 13.8 Å². The standard InChI is InChI=1S/C21H22N4O.C2H6/c1-5-19-22-13-12-20(24-19)25-18(11-8-15(3)26)16(4)23-21(25)17-9-6-14(2)7-10-17;1-2/h6-13,26H,3,5H2,1-2,4H3;1-2H3/b11-8-;. The molecule has 0 bridgehead atoms. The van der Waals surface area contributed by atoms with Gasteiger partial charge in [0.25, 0.3) is 0 Å². The van der Waals surface area contributed by atoms with Crippen LogP contribution in [0.4, 0.5) is 0 Å². The maximum atomic E-state index is 9.47. The van der Waals surface area contributed by atoms with Crippen LogP contribution >= 0.6 is 0 Å². The molecule has 0 fully saturated rings. The summed E-state index contributed by atoms with van der Waals surface area (Å²) in [6.45, 7) is 13.5. The maximum Gasteiger partial charge on any atom is 0.146 e. The van der Waals surface area contributed by atoms with Crippen LogP contribution < -0.4 is 0 Å². The third kappa shape index (κ3) is 4.74. The lowest BCUT2D eigenvalue weighted by molar-refractivity contribution is 0.436. The molecule has 3 aromatic rings. The first-order valence-corrected chi connectivity index (χ1v) is 9.54. The zero-order valence-corrected chi connectivity index (χ0v) is 17.3. The zero-order chi connectivity index (χ0) is 20.7. The molecule has 146 valence electrons. The maximum absolute atomic E-state index is 9.47. The lowest BCUT2D eigenvalue weighted by Gasteiger charge is -2.11. The number of aliphatic hydroxyl groups excluding tert-OH is 1. The van der Waals surface area contributed by atoms with Crippen LogP contribution in [0.1, 0.15) is 43.5 Å². The minimum atomic E-state index is -0.00836. The number of aliphatic hydroxyl groups is 1. The summed E-state index contributed by atoms with van der Waals surface area (Å²) in [6.07, 6.45) is 5.87. The molecule has 0 radical (unpaired) electrons. The largest absolute Gasteiger partial charge is 0.509 e. The van der Waals surface area contributed by atoms with E-state index in [-0.39, 0.29) is 5.76 Å². The molecule has 0 aliphatic heterocycles. The normalized spacial score (nSPS) is 10.6. The quantitative estimate of drug-likeness (QED) is 0.464. The summed E-state index contributed by atoms with van der Waals surface area (Å²) < 4.78 is 1.99. The summed E-state index contributed by atoms with van der Waals surface area (Å²) in [5.74, 6) is 2.30. The summed E-state index contributed by atoms with van der Waals surface area (Å²) in [7, 11) is 0. The fourth-order valence-corrected chi connectivity index (χ4v) is 2.72. The molecule has 0 saturated carbocycles. The lowest BCUT2D eigenvalue weighted by Crippen LogP contribution is -2.05. The second-order valence-corrected chi connectivity index (χ2v) is 6.12. The molecule has 2 aromatic heterocycles. The van der Waals surface area contributed by atoms with Crippen molar-refractivity contribution in [1.82, 2.24) is 19.5 Å². The van der Waals surface area contributed by atoms with Gasteiger partial charge in [-0.05, 0) is 32.1 Å². The molecule has 1 aromatic carbocycles. The van der Waals surface area contributed by atoms with Gasteiger partial charge in [-0.3, -0.25) is 4.57 Å². The van der Waals surface area contributed by atoms with Crippen LogP contribution in [0.2, 0.25) is 0 Å². The molecule has 0 spiro atoms. The average Bonchev–Trinajstić information content (AvgIpc) is 3.04. The van der Waals surface area contributed by atoms with E-state index >= 15 is 0 Å². The number of allylic oxidation sites excluding steroid dienone is 1. The number of imidazole rings is 1. The summed E-state index contributed by atoms with van der Waals surface area (Å²) in [5, 5.41) is 9.47. The molecule has 0 aliphatic rings. The highest BCUT2D eigenvalue weighted by molar-refractivity contribution is 5.65. The highest BCUT2D eigenvalue weighted by atomic mass is 16.3. The number of hydrogen-bond acceptors (Lipinski definition) is 4. The summed E-state index contributed by atoms with van der Waals surface area (Å²) in [5.41, 5.74) is 3.87. The second-order valence-electron chi connectivity index (χ2n) is 6.12. The van der Waals surface area contributed by atoms with Crippen LogP contribution in [-0.4, -0.2) is 24.6 Å². The third-order valence-electron chi connectivity index (χ3n) is 4.08. The van der Waals surface area contributed by atoms with Gasteiger partial charge in [0, 0.05) is 18.2 Å². The van der Waals surface area contributed by atoms with E-state index in [1.165, 1.54) is 5.56 Å². The first-order valence-electron chi connectivity index (χ1n) is 9.54. The molecule has 0 amide bonds. The van der Waals surface area contributed by atoms with Crippen molar-refractivity contribution in [1.29, 1.82) is 0 Å². The first-order chi connectivity index (χ1) is 13.5. The number of rotatable bonds is 5. The number of benzene rings is 1. The van der Waals surface area contributed by atoms with Gasteiger partial charge in [0.15, 0.2) is 0 Å². The zero-order valence-electron chi connectivity index (χ0n) is 17.3. The Hall–Kier alpha value is -3.21. The fraction of sp³-hybridized carbons (Fsp3) is 0.261. The van der Waals surface area contributed by atoms with Gasteiger partial charge in [-0.1, -0.05) is 57.2 Å². The summed E-state index contributed by atoms with van der Waals surface area (Å²) in [6, 6.07) is 10.1. The summed E-state index contributed by atoms with van der Waals surface area (Å²) in [4.78, 5) is 13.7. The molecule has 0 unspecified atom stereocenters. The van der Waals surface area contributed by atoms with Crippen LogP contribution in [0.3, 0.4) is 0 Å². The number of nitrogens with zero attached hydrogens (tertiary/aromatic N) is 4. The van der Waals surface area contributed by atoms with E-state index in [0.29, 0.717) is 0 Å². The van der Waals surface area contributed by atoms with Crippen LogP contribution in [-0.2, 0) is 6.42 Å². The molecular weight excluding hydrogens is 348 g/mol. The van der Waals surface area contributed by atoms with Gasteiger partial charge in [0.05, 0.1) is 11.4 Å². The average molecular weight is 377 g/mol. The Morgan fingerprint density at radius 2 is 1.79 bits per heavy atom. The topological polar surface area (TPSA) is 63.8 Å². The van der Waals surface area contributed by atoms with E-state index < -0.39 is 0 Å². The Morgan fingerprint density at radius 1 is 1.11 bits per heavy atom. The Bertz CT molecular complexity index is 969. The Labute approximate surface area is 167 Å². The monoisotopic (exact) mass is 376 g/mol. The molecule has 5 nitrogen and oxygen atoms in total. The van der Waals surface area contributed by atoms with Gasteiger partial charge in [-0.25, -0.2) is 15.0 Å². The molecule has 0 atom stereocenters. The van der Waals surface area contributed by atoms with E-state index in [9.17, 15) is 5.11 Å². The Balaban J connectivity index is 0.00000136. The van der Waals surface area contributed by atoms with Gasteiger partial charge in [-0.2, -0.15) is 0 Å². The van der Waals surface area contributed by atoms with Crippen molar-refractivity contribution in [3.8, 4) is 17.2 Å². The minimum Gasteiger partial charge on any atom is -0.509 e. The Morgan fingerprint density at radius 3 is 2.39 bits per heavy atom. The predicted octanol–water partition coefficient (Wildman–Crippen LogP) is 5.62. The van der Waals surface area contributed by atoms with Crippen molar-refractivity contribution >= 4 is 6.08 Å². The molecular formula is C23H28N4O. The first kappa shape index (κ1) is 21.1. The van der Waals surface area contributed by atoms with Crippen molar-refractivity contribution in [2.45, 2.75) is 41.0 Å². The van der Waals surface area contributed by atoms with E-state index in [4.69, 9.17) is 4.98 Å². The molecule has 2 heterocycles. The van der Waals surface area contributed by atoms with Crippen molar-refractivity contribution in [3.05, 3.63) is 77.7 Å². The van der Waals surface area contributed by atoms with Crippen molar-refractivity contribution in [2.75, 3.05) is 0 Å². The second kappa shape index (κ2) is 9.65. The minimum absolute atomic E-state index is 0.00836. The van der Waals surface area contributed by atoms with Gasteiger partial charge in [-0.15, -0.1) is 0 Å². The number of hydrogen-bond donors (Lipinski definition) is 1. The molecule has 28 heavy (non-hydrogen) atoms. The van der Waals surface area contributed by atoms with Crippen molar-refractivity contribution < 1.29 is 5.11 Å². The van der Waals surface area contributed by atoms with Crippen molar-refractivity contribution in [3.63, 3.8) is 0 Å². The van der Waals surface area contributed by atoms with E-state index in [2.05, 4.69) is 35.6 Å². The molecule has 5 heteroatoms. The third-order valence-corrected chi connectivity index (χ3v) is 4.08. The lowest BCUT2D eigenvalue weighted by atomic mass is 10.1. The SMILES string of the molecule is C=C(O)/C=C\c1c(C)nc(-c2ccc(C)cc2)n1-c1ccnc(CC)n1.CC. The molecule has 0 saturated heterocycles. The van der Waals surface area contributed by atoms with Gasteiger partial charge >= 0.3 is 0 Å². The molecule has 0 aliphatic carbocycles. The van der Waals surface area contributed by atoms with Gasteiger partial charge in [0.2, 0.25) is 0 Å². The van der Waals surface area contributed by atoms with Crippen LogP contribution in [0.15, 0.2) is 54.9 Å². The highest BCUT2D eigenvalue weighted by Crippen LogP contribution is 2.27. The number of aryl methyl sites for hydroxylation is 3. The highest BCUT2D eigenvalue weighted by Gasteiger charge is 2.17. The van der Waals surface area contributed by atoms with Crippen molar-refractivity contribution in [2.24, 2.45) is 0 Å². The molecule has 3 rings (SSSR count). The smallest absolute Gasteiger partial charge is 0.146 e. The van der Waals surface area contributed by atoms with Crippen LogP contribution in [0.25, 0.3) is 23.3 Å². The Kier molecular flexibility index (Phi) is 7.27. The fourth-order valence-electron chi connectivity index (χ4n) is 2.72. The number of aromatic nitrogens is 4. The van der Waals surface area contributed by atoms with E-state index in [0.717, 1.165) is 40.8 Å². The summed E-state index contributed by atoms with van der Waals surface area (Å²) >= 11 is 0. The predicted molar refractivity (Wildman–Crippen MR) is 116 cm³/mol.